The maximum atomic E-state index is 12.2. The van der Waals surface area contributed by atoms with Crippen LogP contribution in [0.3, 0.4) is 0 Å². The van der Waals surface area contributed by atoms with Crippen molar-refractivity contribution < 1.29 is 28.2 Å². The number of anilines is 1. The smallest absolute Gasteiger partial charge is 0.330 e. The number of nitrogens with two attached hydrogens (primary N) is 1. The molecule has 2 fully saturated rings. The Morgan fingerprint density at radius 3 is 2.84 bits per heavy atom. The molecule has 3 aromatic heterocycles. The maximum Gasteiger partial charge on any atom is 0.330 e. The fourth-order valence-electron chi connectivity index (χ4n) is 4.42. The first-order chi connectivity index (χ1) is 17.7. The van der Waals surface area contributed by atoms with E-state index in [1.54, 1.807) is 10.9 Å². The number of nitrogens with one attached hydrogen (secondary N) is 1. The van der Waals surface area contributed by atoms with Crippen LogP contribution in [-0.4, -0.2) is 72.6 Å². The van der Waals surface area contributed by atoms with Gasteiger partial charge in [0.15, 0.2) is 11.5 Å². The molecule has 2 aliphatic heterocycles. The number of nitrogens with zero attached hydrogens (tertiary/aromatic N) is 5. The number of imidazole rings is 1. The quantitative estimate of drug-likeness (QED) is 0.304. The number of hydrogen-bond donors (Lipinski definition) is 3. The van der Waals surface area contributed by atoms with E-state index in [2.05, 4.69) is 19.9 Å². The second kappa shape index (κ2) is 10.7. The Bertz CT molecular complexity index is 1430. The third-order valence-electron chi connectivity index (χ3n) is 6.15. The van der Waals surface area contributed by atoms with Crippen molar-refractivity contribution in [3.05, 3.63) is 45.8 Å². The number of aromatic amines is 1. The first kappa shape index (κ1) is 26.1. The van der Waals surface area contributed by atoms with Crippen LogP contribution in [0.5, 0.6) is 0 Å². The molecule has 1 unspecified atom stereocenters. The summed E-state index contributed by atoms with van der Waals surface area (Å²) in [5.41, 5.74) is 5.78. The molecule has 0 aliphatic carbocycles. The van der Waals surface area contributed by atoms with Gasteiger partial charge in [-0.15, -0.1) is 0 Å². The number of nitrogen functional groups attached to an aromatic ring is 1. The molecule has 0 bridgehead atoms. The molecule has 0 amide bonds. The number of aromatic nitrogens is 6. The summed E-state index contributed by atoms with van der Waals surface area (Å²) in [4.78, 5) is 48.9. The molecule has 200 valence electrons. The molecule has 15 nitrogen and oxygen atoms in total. The van der Waals surface area contributed by atoms with Gasteiger partial charge in [0, 0.05) is 25.8 Å². The maximum absolute atomic E-state index is 12.2. The van der Waals surface area contributed by atoms with Gasteiger partial charge in [0.25, 0.3) is 5.56 Å². The molecular weight excluding hydrogens is 529 g/mol. The first-order valence-electron chi connectivity index (χ1n) is 11.4. The van der Waals surface area contributed by atoms with E-state index in [-0.39, 0.29) is 37.8 Å². The van der Waals surface area contributed by atoms with E-state index in [4.69, 9.17) is 40.8 Å². The molecule has 6 atom stereocenters. The van der Waals surface area contributed by atoms with Gasteiger partial charge in [-0.3, -0.25) is 18.9 Å². The number of ether oxygens (including phenoxy) is 3. The summed E-state index contributed by atoms with van der Waals surface area (Å²) >= 11 is 5.24. The molecule has 5 rings (SSSR count). The fraction of sp³-hybridized carbons (Fsp3) is 0.550. The third kappa shape index (κ3) is 5.66. The van der Waals surface area contributed by atoms with Crippen molar-refractivity contribution in [3.8, 4) is 0 Å². The lowest BCUT2D eigenvalue weighted by atomic mass is 10.2. The summed E-state index contributed by atoms with van der Waals surface area (Å²) in [6.07, 6.45) is 3.04. The Labute approximate surface area is 214 Å². The van der Waals surface area contributed by atoms with Gasteiger partial charge < -0.3 is 33.9 Å². The van der Waals surface area contributed by atoms with E-state index in [9.17, 15) is 14.5 Å². The number of H-pyrrole nitrogens is 1. The minimum absolute atomic E-state index is 0.0133. The van der Waals surface area contributed by atoms with Gasteiger partial charge in [0.1, 0.15) is 30.4 Å². The average Bonchev–Trinajstić information content (AvgIpc) is 3.57. The minimum atomic E-state index is -3.70. The van der Waals surface area contributed by atoms with Crippen LogP contribution >= 0.6 is 6.72 Å². The summed E-state index contributed by atoms with van der Waals surface area (Å²) in [6, 6.07) is 1.22. The van der Waals surface area contributed by atoms with Crippen molar-refractivity contribution in [3.63, 3.8) is 0 Å². The van der Waals surface area contributed by atoms with E-state index >= 15 is 0 Å². The lowest BCUT2D eigenvalue weighted by Gasteiger charge is -2.24. The van der Waals surface area contributed by atoms with Crippen molar-refractivity contribution in [2.45, 2.75) is 50.0 Å². The van der Waals surface area contributed by atoms with E-state index in [1.165, 1.54) is 30.3 Å². The highest BCUT2D eigenvalue weighted by molar-refractivity contribution is 8.07. The molecular formula is C20H26N7O8PS. The van der Waals surface area contributed by atoms with Gasteiger partial charge in [0.2, 0.25) is 0 Å². The predicted molar refractivity (Wildman–Crippen MR) is 132 cm³/mol. The van der Waals surface area contributed by atoms with Gasteiger partial charge in [0.05, 0.1) is 31.7 Å². The van der Waals surface area contributed by atoms with Crippen LogP contribution in [-0.2, 0) is 35.1 Å². The van der Waals surface area contributed by atoms with Crippen molar-refractivity contribution in [2.24, 2.45) is 0 Å². The van der Waals surface area contributed by atoms with Crippen LogP contribution in [0.4, 0.5) is 5.82 Å². The first-order valence-corrected chi connectivity index (χ1v) is 14.0. The highest BCUT2D eigenvalue weighted by Gasteiger charge is 2.41. The highest BCUT2D eigenvalue weighted by Crippen LogP contribution is 2.49. The number of fused-ring (bicyclic) bond motifs is 1. The Morgan fingerprint density at radius 2 is 2.05 bits per heavy atom. The van der Waals surface area contributed by atoms with Crippen molar-refractivity contribution in [1.29, 1.82) is 0 Å². The Kier molecular flexibility index (Phi) is 7.51. The van der Waals surface area contributed by atoms with Gasteiger partial charge in [-0.25, -0.2) is 19.7 Å². The van der Waals surface area contributed by atoms with E-state index < -0.39 is 36.4 Å². The van der Waals surface area contributed by atoms with Crippen LogP contribution in [0.1, 0.15) is 31.7 Å². The zero-order valence-electron chi connectivity index (χ0n) is 19.7. The summed E-state index contributed by atoms with van der Waals surface area (Å²) in [7, 11) is 1.49. The molecule has 17 heteroatoms. The number of rotatable bonds is 9. The normalized spacial score (nSPS) is 27.6. The lowest BCUT2D eigenvalue weighted by Crippen LogP contribution is -2.31. The SMILES string of the molecule is COC[C@H]1O[C@@H](n2ccc(=O)[nH]c2=O)C[C@@H]1OP(O)(=S)OC[C@@H]1CC[C@H](n2cnc3c(N)ncnc32)O1. The van der Waals surface area contributed by atoms with Crippen molar-refractivity contribution in [1.82, 2.24) is 29.1 Å². The largest absolute Gasteiger partial charge is 0.382 e. The molecule has 0 saturated carbocycles. The van der Waals surface area contributed by atoms with Crippen LogP contribution in [0.15, 0.2) is 34.5 Å². The summed E-state index contributed by atoms with van der Waals surface area (Å²) in [5, 5.41) is 0. The molecule has 5 heterocycles. The fourth-order valence-corrected chi connectivity index (χ4v) is 5.92. The topological polar surface area (TPSA) is 191 Å². The van der Waals surface area contributed by atoms with E-state index in [0.29, 0.717) is 24.0 Å². The molecule has 0 spiro atoms. The lowest BCUT2D eigenvalue weighted by molar-refractivity contribution is -0.0547. The Morgan fingerprint density at radius 1 is 1.22 bits per heavy atom. The molecule has 4 N–H and O–H groups in total. The second-order valence-corrected chi connectivity index (χ2v) is 11.4. The van der Waals surface area contributed by atoms with Gasteiger partial charge >= 0.3 is 12.4 Å². The number of methoxy groups -OCH3 is 1. The van der Waals surface area contributed by atoms with Gasteiger partial charge in [-0.2, -0.15) is 0 Å². The summed E-state index contributed by atoms with van der Waals surface area (Å²) in [5.74, 6) is 0.287. The highest BCUT2D eigenvalue weighted by atomic mass is 32.5. The zero-order valence-corrected chi connectivity index (χ0v) is 21.4. The van der Waals surface area contributed by atoms with Crippen molar-refractivity contribution >= 4 is 35.5 Å². The van der Waals surface area contributed by atoms with Crippen LogP contribution < -0.4 is 17.0 Å². The minimum Gasteiger partial charge on any atom is -0.382 e. The molecule has 2 saturated heterocycles. The summed E-state index contributed by atoms with van der Waals surface area (Å²) in [6.45, 7) is -3.56. The molecule has 0 radical (unpaired) electrons. The average molecular weight is 556 g/mol. The molecule has 37 heavy (non-hydrogen) atoms. The van der Waals surface area contributed by atoms with Crippen LogP contribution in [0.25, 0.3) is 11.2 Å². The number of hydrogen-bond acceptors (Lipinski definition) is 12. The zero-order chi connectivity index (χ0) is 26.2. The van der Waals surface area contributed by atoms with E-state index in [0.717, 1.165) is 0 Å². The predicted octanol–water partition coefficient (Wildman–Crippen LogP) is 0.189. The van der Waals surface area contributed by atoms with E-state index in [1.807, 2.05) is 0 Å². The van der Waals surface area contributed by atoms with Gasteiger partial charge in [-0.1, -0.05) is 0 Å². The Hall–Kier alpha value is -2.56. The second-order valence-electron chi connectivity index (χ2n) is 8.62. The van der Waals surface area contributed by atoms with Crippen LogP contribution in [0.2, 0.25) is 0 Å². The standard InChI is InChI=1S/C20H26N7O8PS/c1-31-8-13-12(6-16(34-13)26-5-4-14(28)25-20(26)29)35-36(30,37)32-7-11-2-3-15(33-11)27-10-24-17-18(21)22-9-23-19(17)27/h4-5,9-13,15-16H,2-3,6-8H2,1H3,(H,30,37)(H2,21,22,23)(H,25,28,29)/t11-,12-,13+,15+,16+,36?/m0/s1. The third-order valence-corrected chi connectivity index (χ3v) is 7.73. The molecule has 0 aromatic carbocycles. The summed E-state index contributed by atoms with van der Waals surface area (Å²) < 4.78 is 31.5. The Balaban J connectivity index is 1.19. The van der Waals surface area contributed by atoms with Crippen molar-refractivity contribution in [2.75, 3.05) is 26.1 Å². The molecule has 3 aromatic rings. The van der Waals surface area contributed by atoms with Crippen LogP contribution in [0, 0.1) is 0 Å². The monoisotopic (exact) mass is 555 g/mol. The van der Waals surface area contributed by atoms with Gasteiger partial charge in [-0.05, 0) is 24.6 Å². The molecule has 2 aliphatic rings.